The van der Waals surface area contributed by atoms with Crippen LogP contribution in [0.1, 0.15) is 12.5 Å². The molecule has 0 bridgehead atoms. The Morgan fingerprint density at radius 1 is 1.27 bits per heavy atom. The van der Waals surface area contributed by atoms with Gasteiger partial charge in [0.2, 0.25) is 5.91 Å². The van der Waals surface area contributed by atoms with Crippen molar-refractivity contribution in [2.24, 2.45) is 0 Å². The van der Waals surface area contributed by atoms with E-state index >= 15 is 0 Å². The Hall–Kier alpha value is -3.28. The predicted octanol–water partition coefficient (Wildman–Crippen LogP) is 3.09. The summed E-state index contributed by atoms with van der Waals surface area (Å²) in [4.78, 5) is 25.6. The fraction of sp³-hybridized carbons (Fsp3) is 0.200. The molecule has 0 aromatic heterocycles. The lowest BCUT2D eigenvalue weighted by atomic mass is 10.1. The number of methoxy groups -OCH3 is 1. The summed E-state index contributed by atoms with van der Waals surface area (Å²) >= 11 is 0. The van der Waals surface area contributed by atoms with Crippen molar-refractivity contribution < 1.29 is 19.1 Å². The molecule has 2 aromatic rings. The number of carbonyl (C=O) groups excluding carboxylic acids is 2. The number of rotatable bonds is 4. The minimum absolute atomic E-state index is 0.101. The number of amides is 2. The van der Waals surface area contributed by atoms with Crippen LogP contribution in [0.5, 0.6) is 11.5 Å². The Balaban J connectivity index is 1.71. The van der Waals surface area contributed by atoms with E-state index in [9.17, 15) is 9.59 Å². The average Bonchev–Trinajstić information content (AvgIpc) is 2.64. The number of nitrogens with one attached hydrogen (secondary N) is 1. The van der Waals surface area contributed by atoms with Gasteiger partial charge in [0.1, 0.15) is 11.5 Å². The molecule has 1 heterocycles. The van der Waals surface area contributed by atoms with Gasteiger partial charge in [0.15, 0.2) is 6.10 Å². The van der Waals surface area contributed by atoms with Crippen LogP contribution in [0.15, 0.2) is 48.5 Å². The van der Waals surface area contributed by atoms with Crippen molar-refractivity contribution in [3.8, 4) is 11.5 Å². The van der Waals surface area contributed by atoms with Crippen molar-refractivity contribution in [3.05, 3.63) is 54.1 Å². The molecule has 0 saturated carbocycles. The lowest BCUT2D eigenvalue weighted by Crippen LogP contribution is -2.41. The molecule has 2 amide bonds. The van der Waals surface area contributed by atoms with E-state index in [1.54, 1.807) is 50.3 Å². The highest BCUT2D eigenvalue weighted by Gasteiger charge is 2.28. The van der Waals surface area contributed by atoms with Crippen LogP contribution in [0.3, 0.4) is 0 Å². The largest absolute Gasteiger partial charge is 0.497 e. The summed E-state index contributed by atoms with van der Waals surface area (Å²) in [6.45, 7) is 1.70. The van der Waals surface area contributed by atoms with E-state index in [0.29, 0.717) is 17.1 Å². The lowest BCUT2D eigenvalue weighted by molar-refractivity contribution is -0.125. The smallest absolute Gasteiger partial charge is 0.267 e. The first-order valence-corrected chi connectivity index (χ1v) is 8.19. The molecule has 1 unspecified atom stereocenters. The molecule has 0 aliphatic carbocycles. The van der Waals surface area contributed by atoms with Gasteiger partial charge >= 0.3 is 0 Å². The second kappa shape index (κ2) is 7.31. The maximum atomic E-state index is 12.2. The summed E-state index contributed by atoms with van der Waals surface area (Å²) in [5, 5.41) is 2.79. The Labute approximate surface area is 152 Å². The van der Waals surface area contributed by atoms with Crippen molar-refractivity contribution in [2.45, 2.75) is 13.0 Å². The Bertz CT molecular complexity index is 876. The summed E-state index contributed by atoms with van der Waals surface area (Å²) in [7, 11) is 3.30. The number of hydrogen-bond acceptors (Lipinski definition) is 4. The van der Waals surface area contributed by atoms with Crippen molar-refractivity contribution in [1.29, 1.82) is 0 Å². The van der Waals surface area contributed by atoms with E-state index in [1.807, 2.05) is 24.3 Å². The van der Waals surface area contributed by atoms with E-state index in [-0.39, 0.29) is 11.8 Å². The molecule has 0 fully saturated rings. The Morgan fingerprint density at radius 2 is 2.08 bits per heavy atom. The van der Waals surface area contributed by atoms with Gasteiger partial charge in [0.25, 0.3) is 5.91 Å². The van der Waals surface area contributed by atoms with Crippen LogP contribution in [0.2, 0.25) is 0 Å². The van der Waals surface area contributed by atoms with Gasteiger partial charge in [0.05, 0.1) is 12.8 Å². The van der Waals surface area contributed by atoms with Crippen LogP contribution < -0.4 is 19.7 Å². The topological polar surface area (TPSA) is 67.9 Å². The molecule has 3 rings (SSSR count). The highest BCUT2D eigenvalue weighted by molar-refractivity contribution is 6.03. The molecule has 2 aromatic carbocycles. The molecule has 1 N–H and O–H groups in total. The van der Waals surface area contributed by atoms with Crippen LogP contribution in [0.25, 0.3) is 6.08 Å². The fourth-order valence-corrected chi connectivity index (χ4v) is 2.70. The highest BCUT2D eigenvalue weighted by Crippen LogP contribution is 2.35. The number of carbonyl (C=O) groups is 2. The summed E-state index contributed by atoms with van der Waals surface area (Å²) in [5.74, 6) is 0.929. The van der Waals surface area contributed by atoms with E-state index in [4.69, 9.17) is 9.47 Å². The molecule has 0 spiro atoms. The predicted molar refractivity (Wildman–Crippen MR) is 101 cm³/mol. The van der Waals surface area contributed by atoms with Crippen molar-refractivity contribution >= 4 is 29.3 Å². The number of anilines is 2. The first-order chi connectivity index (χ1) is 12.5. The molecule has 0 radical (unpaired) electrons. The molecule has 1 atom stereocenters. The van der Waals surface area contributed by atoms with Crippen molar-refractivity contribution in [2.75, 3.05) is 24.4 Å². The quantitative estimate of drug-likeness (QED) is 0.859. The third-order valence-electron chi connectivity index (χ3n) is 4.09. The second-order valence-electron chi connectivity index (χ2n) is 5.94. The third-order valence-corrected chi connectivity index (χ3v) is 4.09. The maximum Gasteiger partial charge on any atom is 0.267 e. The molecule has 6 heteroatoms. The van der Waals surface area contributed by atoms with E-state index < -0.39 is 6.10 Å². The van der Waals surface area contributed by atoms with Gasteiger partial charge in [-0.3, -0.25) is 9.59 Å². The zero-order valence-electron chi connectivity index (χ0n) is 14.9. The first kappa shape index (κ1) is 17.5. The van der Waals surface area contributed by atoms with Gasteiger partial charge in [-0.1, -0.05) is 12.1 Å². The van der Waals surface area contributed by atoms with Gasteiger partial charge in [-0.15, -0.1) is 0 Å². The van der Waals surface area contributed by atoms with Gasteiger partial charge in [-0.2, -0.15) is 0 Å². The zero-order valence-corrected chi connectivity index (χ0v) is 14.9. The van der Waals surface area contributed by atoms with Crippen LogP contribution in [0.4, 0.5) is 11.4 Å². The summed E-state index contributed by atoms with van der Waals surface area (Å²) in [6, 6.07) is 12.6. The summed E-state index contributed by atoms with van der Waals surface area (Å²) < 4.78 is 10.8. The summed E-state index contributed by atoms with van der Waals surface area (Å²) in [5.41, 5.74) is 2.14. The van der Waals surface area contributed by atoms with E-state index in [0.717, 1.165) is 11.3 Å². The maximum absolute atomic E-state index is 12.2. The van der Waals surface area contributed by atoms with Crippen molar-refractivity contribution in [3.63, 3.8) is 0 Å². The van der Waals surface area contributed by atoms with Crippen LogP contribution >= 0.6 is 0 Å². The zero-order chi connectivity index (χ0) is 18.7. The molecule has 0 saturated heterocycles. The van der Waals surface area contributed by atoms with Gasteiger partial charge in [0, 0.05) is 24.9 Å². The van der Waals surface area contributed by atoms with Crippen LogP contribution in [0, 0.1) is 0 Å². The number of nitrogens with zero attached hydrogens (tertiary/aromatic N) is 1. The summed E-state index contributed by atoms with van der Waals surface area (Å²) in [6.07, 6.45) is 2.61. The minimum Gasteiger partial charge on any atom is -0.497 e. The molecule has 134 valence electrons. The fourth-order valence-electron chi connectivity index (χ4n) is 2.70. The molecular formula is C20H20N2O4. The van der Waals surface area contributed by atoms with E-state index in [1.165, 1.54) is 6.08 Å². The Morgan fingerprint density at radius 3 is 2.85 bits per heavy atom. The number of fused-ring (bicyclic) bond motifs is 1. The van der Waals surface area contributed by atoms with Gasteiger partial charge in [-0.05, 0) is 42.8 Å². The number of likely N-dealkylation sites (N-methyl/N-ethyl adjacent to an activating group) is 1. The standard InChI is InChI=1S/C20H20N2O4/c1-13-20(24)22(2)17-9-8-15(12-18(17)26-13)21-19(23)10-7-14-5-4-6-16(11-14)25-3/h4-13H,1-3H3,(H,21,23)/b10-7+. The van der Waals surface area contributed by atoms with E-state index in [2.05, 4.69) is 5.32 Å². The molecule has 1 aliphatic heterocycles. The molecule has 26 heavy (non-hydrogen) atoms. The first-order valence-electron chi connectivity index (χ1n) is 8.19. The molecule has 1 aliphatic rings. The van der Waals surface area contributed by atoms with Crippen LogP contribution in [-0.4, -0.2) is 32.1 Å². The minimum atomic E-state index is -0.550. The third kappa shape index (κ3) is 3.69. The van der Waals surface area contributed by atoms with Gasteiger partial charge < -0.3 is 19.7 Å². The number of benzene rings is 2. The number of hydrogen-bond donors (Lipinski definition) is 1. The SMILES string of the molecule is COc1cccc(/C=C/C(=O)Nc2ccc3c(c2)OC(C)C(=O)N3C)c1. The number of ether oxygens (including phenoxy) is 2. The molecule has 6 nitrogen and oxygen atoms in total. The van der Waals surface area contributed by atoms with Crippen LogP contribution in [-0.2, 0) is 9.59 Å². The highest BCUT2D eigenvalue weighted by atomic mass is 16.5. The normalized spacial score (nSPS) is 16.2. The van der Waals surface area contributed by atoms with Crippen molar-refractivity contribution in [1.82, 2.24) is 0 Å². The second-order valence-corrected chi connectivity index (χ2v) is 5.94. The molecular weight excluding hydrogens is 332 g/mol. The lowest BCUT2D eigenvalue weighted by Gasteiger charge is -2.30. The Kier molecular flexibility index (Phi) is 4.93. The van der Waals surface area contributed by atoms with Gasteiger partial charge in [-0.25, -0.2) is 0 Å². The average molecular weight is 352 g/mol. The monoisotopic (exact) mass is 352 g/mol.